The van der Waals surface area contributed by atoms with Gasteiger partial charge in [0.15, 0.2) is 0 Å². The lowest BCUT2D eigenvalue weighted by molar-refractivity contribution is 0.112. The highest BCUT2D eigenvalue weighted by Crippen LogP contribution is 2.42. The van der Waals surface area contributed by atoms with E-state index in [1.165, 1.54) is 11.8 Å². The van der Waals surface area contributed by atoms with Crippen molar-refractivity contribution in [1.82, 2.24) is 4.98 Å². The van der Waals surface area contributed by atoms with Gasteiger partial charge in [0.05, 0.1) is 12.3 Å². The third-order valence-electron chi connectivity index (χ3n) is 3.16. The van der Waals surface area contributed by atoms with Gasteiger partial charge < -0.3 is 4.74 Å². The molecule has 1 aromatic carbocycles. The van der Waals surface area contributed by atoms with Crippen LogP contribution in [-0.4, -0.2) is 16.0 Å². The molecule has 24 heavy (non-hydrogen) atoms. The molecule has 0 saturated heterocycles. The Hall–Kier alpha value is -2.32. The first-order valence-electron chi connectivity index (χ1n) is 7.58. The number of aryl methyl sites for hydroxylation is 1. The van der Waals surface area contributed by atoms with Crippen LogP contribution in [0.15, 0.2) is 35.2 Å². The molecule has 2 aromatic rings. The molecule has 0 spiro atoms. The number of aldehydes is 1. The molecule has 0 atom stereocenters. The molecule has 0 fully saturated rings. The number of nitrogens with zero attached hydrogens (tertiary/aromatic N) is 2. The van der Waals surface area contributed by atoms with Crippen molar-refractivity contribution in [3.8, 4) is 5.88 Å². The van der Waals surface area contributed by atoms with Crippen molar-refractivity contribution in [2.75, 3.05) is 0 Å². The second-order valence-electron chi connectivity index (χ2n) is 6.31. The molecule has 0 aliphatic carbocycles. The third-order valence-corrected chi connectivity index (χ3v) is 4.49. The molecular weight excluding hydrogens is 320 g/mol. The van der Waals surface area contributed by atoms with E-state index in [0.717, 1.165) is 16.7 Å². The van der Waals surface area contributed by atoms with Gasteiger partial charge in [0.25, 0.3) is 5.69 Å². The predicted octanol–water partition coefficient (Wildman–Crippen LogP) is 5.22. The van der Waals surface area contributed by atoms with Crippen molar-refractivity contribution in [2.24, 2.45) is 0 Å². The lowest BCUT2D eigenvalue weighted by atomic mass is 10.2. The van der Waals surface area contributed by atoms with E-state index in [4.69, 9.17) is 11.3 Å². The fourth-order valence-electron chi connectivity index (χ4n) is 2.15. The molecule has 124 valence electrons. The second kappa shape index (κ2) is 7.50. The predicted molar refractivity (Wildman–Crippen MR) is 97.0 cm³/mol. The molecule has 2 rings (SSSR count). The normalized spacial score (nSPS) is 11.0. The number of pyridine rings is 1. The van der Waals surface area contributed by atoms with Gasteiger partial charge in [-0.1, -0.05) is 51.1 Å². The van der Waals surface area contributed by atoms with E-state index in [9.17, 15) is 4.79 Å². The van der Waals surface area contributed by atoms with Crippen molar-refractivity contribution in [1.29, 1.82) is 0 Å². The largest absolute Gasteiger partial charge is 0.481 e. The van der Waals surface area contributed by atoms with E-state index >= 15 is 0 Å². The molecule has 4 nitrogen and oxygen atoms in total. The Bertz CT molecular complexity index is 775. The molecule has 0 aliphatic rings. The summed E-state index contributed by atoms with van der Waals surface area (Å²) in [6.07, 6.45) is 0.728. The number of rotatable bonds is 5. The maximum absolute atomic E-state index is 11.6. The van der Waals surface area contributed by atoms with Gasteiger partial charge in [-0.2, -0.15) is 0 Å². The van der Waals surface area contributed by atoms with E-state index in [2.05, 4.69) is 30.6 Å². The van der Waals surface area contributed by atoms with Crippen molar-refractivity contribution >= 4 is 23.7 Å². The monoisotopic (exact) mass is 340 g/mol. The van der Waals surface area contributed by atoms with Gasteiger partial charge in [0.1, 0.15) is 12.9 Å². The van der Waals surface area contributed by atoms with Crippen LogP contribution < -0.4 is 4.74 Å². The number of ether oxygens (including phenoxy) is 1. The fourth-order valence-corrected chi connectivity index (χ4v) is 3.21. The van der Waals surface area contributed by atoms with Crippen molar-refractivity contribution in [3.63, 3.8) is 0 Å². The van der Waals surface area contributed by atoms with Gasteiger partial charge in [0, 0.05) is 15.2 Å². The number of thioether (sulfide) groups is 1. The molecule has 1 heterocycles. The number of carbonyl (C=O) groups is 1. The van der Waals surface area contributed by atoms with E-state index in [0.29, 0.717) is 17.9 Å². The SMILES string of the molecule is [C-]#[N+]c1c(OCc2ccccc2)nc(C)c(SC(C)(C)C)c1C=O. The summed E-state index contributed by atoms with van der Waals surface area (Å²) in [6, 6.07) is 9.66. The summed E-state index contributed by atoms with van der Waals surface area (Å²) in [5.74, 6) is 0.215. The van der Waals surface area contributed by atoms with Gasteiger partial charge in [-0.15, -0.1) is 11.8 Å². The van der Waals surface area contributed by atoms with Crippen LogP contribution in [0.2, 0.25) is 0 Å². The molecular formula is C19H20N2O2S. The Morgan fingerprint density at radius 2 is 1.96 bits per heavy atom. The topological polar surface area (TPSA) is 43.5 Å². The zero-order valence-corrected chi connectivity index (χ0v) is 15.1. The van der Waals surface area contributed by atoms with Crippen LogP contribution in [0.25, 0.3) is 4.85 Å². The molecule has 0 unspecified atom stereocenters. The highest BCUT2D eigenvalue weighted by molar-refractivity contribution is 8.00. The average molecular weight is 340 g/mol. The molecule has 0 N–H and O–H groups in total. The van der Waals surface area contributed by atoms with Gasteiger partial charge in [-0.3, -0.25) is 4.79 Å². The van der Waals surface area contributed by atoms with Crippen LogP contribution in [0.4, 0.5) is 5.69 Å². The van der Waals surface area contributed by atoms with Gasteiger partial charge in [0.2, 0.25) is 5.88 Å². The third kappa shape index (κ3) is 4.36. The summed E-state index contributed by atoms with van der Waals surface area (Å²) in [7, 11) is 0. The van der Waals surface area contributed by atoms with E-state index < -0.39 is 0 Å². The van der Waals surface area contributed by atoms with Crippen molar-refractivity contribution in [3.05, 3.63) is 58.6 Å². The minimum absolute atomic E-state index is 0.0874. The maximum atomic E-state index is 11.6. The van der Waals surface area contributed by atoms with Crippen LogP contribution in [-0.2, 0) is 6.61 Å². The summed E-state index contributed by atoms with van der Waals surface area (Å²) in [6.45, 7) is 15.8. The van der Waals surface area contributed by atoms with Crippen LogP contribution in [0, 0.1) is 13.5 Å². The van der Waals surface area contributed by atoms with Crippen molar-refractivity contribution < 1.29 is 9.53 Å². The molecule has 0 saturated carbocycles. The zero-order valence-electron chi connectivity index (χ0n) is 14.3. The number of benzene rings is 1. The van der Waals surface area contributed by atoms with Gasteiger partial charge in [-0.05, 0) is 12.5 Å². The lowest BCUT2D eigenvalue weighted by Gasteiger charge is -2.21. The smallest absolute Gasteiger partial charge is 0.258 e. The zero-order chi connectivity index (χ0) is 17.7. The fraction of sp³-hybridized carbons (Fsp3) is 0.316. The second-order valence-corrected chi connectivity index (χ2v) is 8.15. The van der Waals surface area contributed by atoms with E-state index in [1.54, 1.807) is 0 Å². The number of hydrogen-bond donors (Lipinski definition) is 0. The first-order valence-corrected chi connectivity index (χ1v) is 8.40. The summed E-state index contributed by atoms with van der Waals surface area (Å²) < 4.78 is 5.64. The number of carbonyl (C=O) groups excluding carboxylic acids is 1. The number of aromatic nitrogens is 1. The average Bonchev–Trinajstić information content (AvgIpc) is 2.54. The summed E-state index contributed by atoms with van der Waals surface area (Å²) in [5.41, 5.74) is 2.22. The Balaban J connectivity index is 2.41. The standard InChI is InChI=1S/C19H20N2O2S/c1-13-17(24-19(2,3)4)15(11-22)16(20-5)18(21-13)23-12-14-9-7-6-8-10-14/h6-11H,12H2,1-4H3. The Morgan fingerprint density at radius 1 is 1.29 bits per heavy atom. The molecule has 0 amide bonds. The minimum atomic E-state index is -0.0874. The van der Waals surface area contributed by atoms with Gasteiger partial charge in [-0.25, -0.2) is 9.83 Å². The highest BCUT2D eigenvalue weighted by Gasteiger charge is 2.23. The first kappa shape index (κ1) is 18.0. The maximum Gasteiger partial charge on any atom is 0.258 e. The van der Waals surface area contributed by atoms with Gasteiger partial charge >= 0.3 is 0 Å². The molecule has 1 aromatic heterocycles. The minimum Gasteiger partial charge on any atom is -0.481 e. The van der Waals surface area contributed by atoms with Crippen LogP contribution in [0.3, 0.4) is 0 Å². The van der Waals surface area contributed by atoms with Crippen molar-refractivity contribution in [2.45, 2.75) is 43.9 Å². The summed E-state index contributed by atoms with van der Waals surface area (Å²) in [4.78, 5) is 20.3. The Labute approximate surface area is 147 Å². The lowest BCUT2D eigenvalue weighted by Crippen LogP contribution is -2.10. The van der Waals surface area contributed by atoms with Crippen LogP contribution in [0.1, 0.15) is 42.4 Å². The molecule has 0 bridgehead atoms. The summed E-state index contributed by atoms with van der Waals surface area (Å²) >= 11 is 1.54. The van der Waals surface area contributed by atoms with E-state index in [1.807, 2.05) is 37.3 Å². The molecule has 0 aliphatic heterocycles. The van der Waals surface area contributed by atoms with Crippen LogP contribution >= 0.6 is 11.8 Å². The van der Waals surface area contributed by atoms with E-state index in [-0.39, 0.29) is 16.3 Å². The van der Waals surface area contributed by atoms with Crippen LogP contribution in [0.5, 0.6) is 5.88 Å². The summed E-state index contributed by atoms with van der Waals surface area (Å²) in [5, 5.41) is 0. The quantitative estimate of drug-likeness (QED) is 0.425. The number of hydrogen-bond acceptors (Lipinski definition) is 4. The Morgan fingerprint density at radius 3 is 2.50 bits per heavy atom. The highest BCUT2D eigenvalue weighted by atomic mass is 32.2. The molecule has 5 heteroatoms. The Kier molecular flexibility index (Phi) is 5.63. The first-order chi connectivity index (χ1) is 11.4. The molecule has 0 radical (unpaired) electrons.